The van der Waals surface area contributed by atoms with Crippen molar-refractivity contribution in [3.05, 3.63) is 176 Å². The maximum Gasteiger partial charge on any atom is 0.227 e. The second kappa shape index (κ2) is 12.3. The third-order valence-corrected chi connectivity index (χ3v) is 9.50. The highest BCUT2D eigenvalue weighted by Crippen LogP contribution is 2.35. The molecule has 0 atom stereocenters. The molecule has 10 aromatic rings. The van der Waals surface area contributed by atoms with Crippen LogP contribution in [0.3, 0.4) is 0 Å². The van der Waals surface area contributed by atoms with Gasteiger partial charge in [0.15, 0.2) is 23.1 Å². The van der Waals surface area contributed by atoms with E-state index in [1.807, 2.05) is 78.9 Å². The first-order valence-electron chi connectivity index (χ1n) is 17.2. The fourth-order valence-electron chi connectivity index (χ4n) is 6.94. The summed E-state index contributed by atoms with van der Waals surface area (Å²) in [5.41, 5.74) is 10.8. The molecule has 0 amide bonds. The number of nitrogens with zero attached hydrogens (tertiary/aromatic N) is 5. The molecule has 0 aliphatic carbocycles. The minimum atomic E-state index is 0.611. The Kier molecular flexibility index (Phi) is 7.03. The summed E-state index contributed by atoms with van der Waals surface area (Å²) < 4.78 is 8.47. The quantitative estimate of drug-likeness (QED) is 0.176. The summed E-state index contributed by atoms with van der Waals surface area (Å²) in [6.07, 6.45) is 0. The van der Waals surface area contributed by atoms with Crippen LogP contribution in [-0.4, -0.2) is 24.5 Å². The van der Waals surface area contributed by atoms with Gasteiger partial charge in [0, 0.05) is 38.7 Å². The summed E-state index contributed by atoms with van der Waals surface area (Å²) in [7, 11) is 0. The van der Waals surface area contributed by atoms with Crippen molar-refractivity contribution >= 4 is 32.9 Å². The van der Waals surface area contributed by atoms with Crippen LogP contribution in [0.1, 0.15) is 0 Å². The monoisotopic (exact) mass is 667 g/mol. The standard InChI is InChI=1S/C46H29N5O/c1-4-12-31(13-5-1)43-48-44(32-22-20-30(21-23-32)34-24-26-39-42(29-34)52-46(47-39)33-14-6-2-7-15-33)50-45(49-43)35-25-27-41-38(28-35)37-18-10-11-19-40(37)51(41)36-16-8-3-9-17-36/h1-29H. The lowest BCUT2D eigenvalue weighted by molar-refractivity contribution is 0.620. The van der Waals surface area contributed by atoms with Crippen LogP contribution in [0.15, 0.2) is 180 Å². The van der Waals surface area contributed by atoms with Gasteiger partial charge in [-0.15, -0.1) is 0 Å². The molecule has 0 radical (unpaired) electrons. The highest BCUT2D eigenvalue weighted by Gasteiger charge is 2.17. The van der Waals surface area contributed by atoms with Crippen molar-refractivity contribution in [2.75, 3.05) is 0 Å². The molecule has 0 saturated carbocycles. The first-order chi connectivity index (χ1) is 25.7. The van der Waals surface area contributed by atoms with E-state index >= 15 is 0 Å². The highest BCUT2D eigenvalue weighted by atomic mass is 16.3. The van der Waals surface area contributed by atoms with Gasteiger partial charge in [0.1, 0.15) is 5.52 Å². The summed E-state index contributed by atoms with van der Waals surface area (Å²) in [6, 6.07) is 60.0. The van der Waals surface area contributed by atoms with Gasteiger partial charge in [0.25, 0.3) is 0 Å². The molecule has 10 rings (SSSR count). The van der Waals surface area contributed by atoms with E-state index in [1.54, 1.807) is 0 Å². The molecule has 6 nitrogen and oxygen atoms in total. The minimum absolute atomic E-state index is 0.611. The topological polar surface area (TPSA) is 69.6 Å². The Morgan fingerprint density at radius 2 is 0.904 bits per heavy atom. The zero-order valence-electron chi connectivity index (χ0n) is 27.9. The fourth-order valence-corrected chi connectivity index (χ4v) is 6.94. The predicted molar refractivity (Wildman–Crippen MR) is 209 cm³/mol. The molecule has 0 bridgehead atoms. The number of hydrogen-bond donors (Lipinski definition) is 0. The summed E-state index contributed by atoms with van der Waals surface area (Å²) in [5.74, 6) is 2.47. The molecule has 6 heteroatoms. The van der Waals surface area contributed by atoms with Crippen molar-refractivity contribution in [2.24, 2.45) is 0 Å². The highest BCUT2D eigenvalue weighted by molar-refractivity contribution is 6.10. The van der Waals surface area contributed by atoms with Crippen molar-refractivity contribution in [3.8, 4) is 62.4 Å². The number of para-hydroxylation sites is 2. The number of benzene rings is 7. The van der Waals surface area contributed by atoms with E-state index in [2.05, 4.69) is 102 Å². The van der Waals surface area contributed by atoms with Crippen molar-refractivity contribution in [3.63, 3.8) is 0 Å². The lowest BCUT2D eigenvalue weighted by atomic mass is 10.0. The summed E-state index contributed by atoms with van der Waals surface area (Å²) in [4.78, 5) is 19.8. The molecule has 52 heavy (non-hydrogen) atoms. The van der Waals surface area contributed by atoms with E-state index in [9.17, 15) is 0 Å². The van der Waals surface area contributed by atoms with Crippen molar-refractivity contribution in [1.29, 1.82) is 0 Å². The van der Waals surface area contributed by atoms with Gasteiger partial charge >= 0.3 is 0 Å². The van der Waals surface area contributed by atoms with Crippen LogP contribution in [0.4, 0.5) is 0 Å². The molecule has 7 aromatic carbocycles. The smallest absolute Gasteiger partial charge is 0.227 e. The van der Waals surface area contributed by atoms with Crippen LogP contribution in [-0.2, 0) is 0 Å². The maximum absolute atomic E-state index is 6.15. The Bertz CT molecular complexity index is 2880. The van der Waals surface area contributed by atoms with Gasteiger partial charge in [-0.25, -0.2) is 19.9 Å². The Hall–Kier alpha value is -7.18. The minimum Gasteiger partial charge on any atom is -0.436 e. The Morgan fingerprint density at radius 1 is 0.365 bits per heavy atom. The van der Waals surface area contributed by atoms with E-state index in [4.69, 9.17) is 24.4 Å². The number of rotatable bonds is 6. The third-order valence-electron chi connectivity index (χ3n) is 9.50. The van der Waals surface area contributed by atoms with E-state index < -0.39 is 0 Å². The van der Waals surface area contributed by atoms with Gasteiger partial charge in [0.05, 0.1) is 11.0 Å². The Labute approximate surface area is 299 Å². The summed E-state index contributed by atoms with van der Waals surface area (Å²) in [5, 5.41) is 2.32. The zero-order valence-corrected chi connectivity index (χ0v) is 27.9. The maximum atomic E-state index is 6.15. The van der Waals surface area contributed by atoms with E-state index in [-0.39, 0.29) is 0 Å². The molecule has 0 spiro atoms. The van der Waals surface area contributed by atoms with Gasteiger partial charge in [-0.05, 0) is 71.8 Å². The Morgan fingerprint density at radius 3 is 1.63 bits per heavy atom. The SMILES string of the molecule is c1ccc(-c2nc(-c3ccc(-c4ccc5nc(-c6ccccc6)oc5c4)cc3)nc(-c3ccc4c(c3)c3ccccc3n4-c3ccccc3)n2)cc1. The first-order valence-corrected chi connectivity index (χ1v) is 17.2. The predicted octanol–water partition coefficient (Wildman–Crippen LogP) is 11.4. The van der Waals surface area contributed by atoms with Crippen molar-refractivity contribution in [1.82, 2.24) is 24.5 Å². The Balaban J connectivity index is 1.05. The largest absolute Gasteiger partial charge is 0.436 e. The van der Waals surface area contributed by atoms with Gasteiger partial charge in [-0.3, -0.25) is 0 Å². The molecule has 0 N–H and O–H groups in total. The van der Waals surface area contributed by atoms with E-state index in [0.717, 1.165) is 66.6 Å². The molecule has 0 saturated heterocycles. The summed E-state index contributed by atoms with van der Waals surface area (Å²) >= 11 is 0. The van der Waals surface area contributed by atoms with Crippen molar-refractivity contribution < 1.29 is 4.42 Å². The number of aromatic nitrogens is 5. The van der Waals surface area contributed by atoms with Crippen LogP contribution in [0.25, 0.3) is 95.3 Å². The average Bonchev–Trinajstić information content (AvgIpc) is 3.81. The van der Waals surface area contributed by atoms with Crippen LogP contribution in [0.2, 0.25) is 0 Å². The molecular weight excluding hydrogens is 639 g/mol. The van der Waals surface area contributed by atoms with Crippen LogP contribution in [0.5, 0.6) is 0 Å². The second-order valence-electron chi connectivity index (χ2n) is 12.7. The van der Waals surface area contributed by atoms with Gasteiger partial charge < -0.3 is 8.98 Å². The molecular formula is C46H29N5O. The third kappa shape index (κ3) is 5.22. The normalized spacial score (nSPS) is 11.5. The number of hydrogen-bond acceptors (Lipinski definition) is 5. The number of oxazole rings is 1. The molecule has 3 aromatic heterocycles. The van der Waals surface area contributed by atoms with E-state index in [0.29, 0.717) is 23.4 Å². The van der Waals surface area contributed by atoms with Crippen LogP contribution < -0.4 is 0 Å². The molecule has 3 heterocycles. The van der Waals surface area contributed by atoms with E-state index in [1.165, 1.54) is 5.39 Å². The summed E-state index contributed by atoms with van der Waals surface area (Å²) in [6.45, 7) is 0. The van der Waals surface area contributed by atoms with Crippen LogP contribution >= 0.6 is 0 Å². The molecule has 0 unspecified atom stereocenters. The lowest BCUT2D eigenvalue weighted by Crippen LogP contribution is -2.00. The van der Waals surface area contributed by atoms with Crippen molar-refractivity contribution in [2.45, 2.75) is 0 Å². The van der Waals surface area contributed by atoms with Gasteiger partial charge in [-0.1, -0.05) is 115 Å². The number of fused-ring (bicyclic) bond motifs is 4. The second-order valence-corrected chi connectivity index (χ2v) is 12.7. The van der Waals surface area contributed by atoms with Gasteiger partial charge in [-0.2, -0.15) is 0 Å². The average molecular weight is 668 g/mol. The fraction of sp³-hybridized carbons (Fsp3) is 0. The molecule has 0 fully saturated rings. The molecule has 244 valence electrons. The lowest BCUT2D eigenvalue weighted by Gasteiger charge is -2.10. The zero-order chi connectivity index (χ0) is 34.4. The molecule has 0 aliphatic rings. The van der Waals surface area contributed by atoms with Gasteiger partial charge in [0.2, 0.25) is 5.89 Å². The van der Waals surface area contributed by atoms with Crippen LogP contribution in [0, 0.1) is 0 Å². The first kappa shape index (κ1) is 29.7. The molecule has 0 aliphatic heterocycles.